The molecule has 1 aliphatic rings. The lowest BCUT2D eigenvalue weighted by Gasteiger charge is -2.28. The fourth-order valence-electron chi connectivity index (χ4n) is 2.27. The predicted molar refractivity (Wildman–Crippen MR) is 71.3 cm³/mol. The molecule has 0 spiro atoms. The van der Waals surface area contributed by atoms with Crippen molar-refractivity contribution in [3.05, 3.63) is 28.2 Å². The van der Waals surface area contributed by atoms with Gasteiger partial charge in [0, 0.05) is 16.6 Å². The number of methoxy groups -OCH3 is 1. The Labute approximate surface area is 110 Å². The van der Waals surface area contributed by atoms with Gasteiger partial charge in [-0.2, -0.15) is 0 Å². The van der Waals surface area contributed by atoms with Crippen molar-refractivity contribution in [1.29, 1.82) is 0 Å². The minimum absolute atomic E-state index is 0.0891. The van der Waals surface area contributed by atoms with E-state index in [9.17, 15) is 0 Å². The number of nitrogens with two attached hydrogens (primary N) is 1. The van der Waals surface area contributed by atoms with E-state index < -0.39 is 0 Å². The van der Waals surface area contributed by atoms with E-state index in [1.54, 1.807) is 7.11 Å². The van der Waals surface area contributed by atoms with E-state index >= 15 is 0 Å². The first-order chi connectivity index (χ1) is 8.05. The van der Waals surface area contributed by atoms with Crippen LogP contribution in [0.1, 0.15) is 18.9 Å². The zero-order valence-corrected chi connectivity index (χ0v) is 11.8. The van der Waals surface area contributed by atoms with E-state index in [0.717, 1.165) is 35.2 Å². The lowest BCUT2D eigenvalue weighted by molar-refractivity contribution is 0.0953. The molecule has 0 saturated carbocycles. The van der Waals surface area contributed by atoms with Crippen molar-refractivity contribution in [3.8, 4) is 5.75 Å². The summed E-state index contributed by atoms with van der Waals surface area (Å²) in [6.45, 7) is 2.78. The number of rotatable bonds is 3. The Morgan fingerprint density at radius 2 is 2.35 bits per heavy atom. The third-order valence-corrected chi connectivity index (χ3v) is 4.00. The van der Waals surface area contributed by atoms with Crippen LogP contribution in [-0.2, 0) is 11.2 Å². The lowest BCUT2D eigenvalue weighted by Crippen LogP contribution is -2.48. The molecule has 94 valence electrons. The van der Waals surface area contributed by atoms with E-state index in [1.165, 1.54) is 0 Å². The van der Waals surface area contributed by atoms with Crippen LogP contribution < -0.4 is 10.5 Å². The van der Waals surface area contributed by atoms with Gasteiger partial charge < -0.3 is 15.2 Å². The third-order valence-electron chi connectivity index (χ3n) is 3.51. The van der Waals surface area contributed by atoms with E-state index in [0.29, 0.717) is 0 Å². The van der Waals surface area contributed by atoms with Gasteiger partial charge in [-0.3, -0.25) is 0 Å². The monoisotopic (exact) mass is 299 g/mol. The summed E-state index contributed by atoms with van der Waals surface area (Å²) in [5, 5.41) is 0. The van der Waals surface area contributed by atoms with Crippen molar-refractivity contribution in [2.75, 3.05) is 13.7 Å². The van der Waals surface area contributed by atoms with Crippen LogP contribution in [0.15, 0.2) is 22.7 Å². The highest BCUT2D eigenvalue weighted by Crippen LogP contribution is 2.32. The molecule has 1 aliphatic heterocycles. The molecule has 0 aliphatic carbocycles. The molecule has 0 bridgehead atoms. The van der Waals surface area contributed by atoms with Crippen LogP contribution in [0.5, 0.6) is 5.75 Å². The molecule has 1 saturated heterocycles. The fourth-order valence-corrected chi connectivity index (χ4v) is 2.68. The van der Waals surface area contributed by atoms with Crippen LogP contribution >= 0.6 is 15.9 Å². The van der Waals surface area contributed by atoms with Crippen LogP contribution in [0.2, 0.25) is 0 Å². The van der Waals surface area contributed by atoms with Crippen LogP contribution in [0.25, 0.3) is 0 Å². The van der Waals surface area contributed by atoms with Crippen molar-refractivity contribution in [1.82, 2.24) is 0 Å². The maximum absolute atomic E-state index is 6.41. The van der Waals surface area contributed by atoms with Gasteiger partial charge in [0.1, 0.15) is 5.75 Å². The summed E-state index contributed by atoms with van der Waals surface area (Å²) in [6.07, 6.45) is 1.76. The number of hydrogen-bond acceptors (Lipinski definition) is 3. The maximum Gasteiger partial charge on any atom is 0.122 e. The molecular formula is C13H18BrNO2. The topological polar surface area (TPSA) is 44.5 Å². The molecular weight excluding hydrogens is 282 g/mol. The zero-order chi connectivity index (χ0) is 12.5. The third kappa shape index (κ3) is 2.64. The van der Waals surface area contributed by atoms with Crippen LogP contribution in [-0.4, -0.2) is 25.4 Å². The first-order valence-electron chi connectivity index (χ1n) is 5.78. The van der Waals surface area contributed by atoms with Crippen molar-refractivity contribution in [2.45, 2.75) is 31.4 Å². The Balaban J connectivity index is 2.25. The Morgan fingerprint density at radius 3 is 2.94 bits per heavy atom. The average Bonchev–Trinajstić information content (AvgIpc) is 2.59. The summed E-state index contributed by atoms with van der Waals surface area (Å²) >= 11 is 3.48. The standard InChI is InChI=1S/C13H18BrNO2/c1-9-13(15,5-6-17-9)8-10-7-11(14)3-4-12(10)16-2/h3-4,7,9H,5-6,8,15H2,1-2H3. The Hall–Kier alpha value is -0.580. The van der Waals surface area contributed by atoms with Gasteiger partial charge >= 0.3 is 0 Å². The number of hydrogen-bond donors (Lipinski definition) is 1. The Morgan fingerprint density at radius 1 is 1.59 bits per heavy atom. The van der Waals surface area contributed by atoms with Gasteiger partial charge in [-0.15, -0.1) is 0 Å². The molecule has 0 aromatic heterocycles. The summed E-state index contributed by atoms with van der Waals surface area (Å²) in [7, 11) is 1.69. The molecule has 2 N–H and O–H groups in total. The molecule has 1 heterocycles. The molecule has 2 unspecified atom stereocenters. The van der Waals surface area contributed by atoms with Gasteiger partial charge in [0.05, 0.1) is 13.2 Å². The summed E-state index contributed by atoms with van der Waals surface area (Å²) in [5.74, 6) is 0.886. The average molecular weight is 300 g/mol. The smallest absolute Gasteiger partial charge is 0.122 e. The van der Waals surface area contributed by atoms with Crippen molar-refractivity contribution in [3.63, 3.8) is 0 Å². The SMILES string of the molecule is COc1ccc(Br)cc1CC1(N)CCOC1C. The van der Waals surface area contributed by atoms with Gasteiger partial charge in [-0.1, -0.05) is 15.9 Å². The Kier molecular flexibility index (Phi) is 3.76. The van der Waals surface area contributed by atoms with Gasteiger partial charge in [-0.05, 0) is 43.5 Å². The Bertz CT molecular complexity index is 410. The summed E-state index contributed by atoms with van der Waals surface area (Å²) in [6, 6.07) is 6.00. The first-order valence-corrected chi connectivity index (χ1v) is 6.57. The van der Waals surface area contributed by atoms with E-state index in [4.69, 9.17) is 15.2 Å². The van der Waals surface area contributed by atoms with E-state index in [2.05, 4.69) is 22.0 Å². The summed E-state index contributed by atoms with van der Waals surface area (Å²) < 4.78 is 12.0. The minimum atomic E-state index is -0.284. The second kappa shape index (κ2) is 4.96. The maximum atomic E-state index is 6.41. The van der Waals surface area contributed by atoms with Crippen LogP contribution in [0, 0.1) is 0 Å². The quantitative estimate of drug-likeness (QED) is 0.933. The highest BCUT2D eigenvalue weighted by molar-refractivity contribution is 9.10. The van der Waals surface area contributed by atoms with Gasteiger partial charge in [0.15, 0.2) is 0 Å². The summed E-state index contributed by atoms with van der Waals surface area (Å²) in [4.78, 5) is 0. The zero-order valence-electron chi connectivity index (χ0n) is 10.2. The normalized spacial score (nSPS) is 28.4. The molecule has 0 radical (unpaired) electrons. The minimum Gasteiger partial charge on any atom is -0.496 e. The van der Waals surface area contributed by atoms with Crippen molar-refractivity contribution in [2.24, 2.45) is 5.73 Å². The molecule has 3 nitrogen and oxygen atoms in total. The largest absolute Gasteiger partial charge is 0.496 e. The van der Waals surface area contributed by atoms with Crippen LogP contribution in [0.4, 0.5) is 0 Å². The van der Waals surface area contributed by atoms with Crippen molar-refractivity contribution >= 4 is 15.9 Å². The highest BCUT2D eigenvalue weighted by atomic mass is 79.9. The molecule has 2 rings (SSSR count). The molecule has 1 aromatic rings. The molecule has 17 heavy (non-hydrogen) atoms. The van der Waals surface area contributed by atoms with Crippen LogP contribution in [0.3, 0.4) is 0 Å². The summed E-state index contributed by atoms with van der Waals surface area (Å²) in [5.41, 5.74) is 7.26. The molecule has 0 amide bonds. The molecule has 2 atom stereocenters. The van der Waals surface area contributed by atoms with E-state index in [-0.39, 0.29) is 11.6 Å². The number of ether oxygens (including phenoxy) is 2. The fraction of sp³-hybridized carbons (Fsp3) is 0.538. The lowest BCUT2D eigenvalue weighted by atomic mass is 9.86. The molecule has 1 fully saturated rings. The van der Waals surface area contributed by atoms with E-state index in [1.807, 2.05) is 19.1 Å². The molecule has 4 heteroatoms. The van der Waals surface area contributed by atoms with Gasteiger partial charge in [0.25, 0.3) is 0 Å². The molecule has 1 aromatic carbocycles. The highest BCUT2D eigenvalue weighted by Gasteiger charge is 2.38. The second-order valence-corrected chi connectivity index (χ2v) is 5.54. The number of halogens is 1. The first kappa shape index (κ1) is 12.9. The second-order valence-electron chi connectivity index (χ2n) is 4.63. The van der Waals surface area contributed by atoms with Gasteiger partial charge in [-0.25, -0.2) is 0 Å². The predicted octanol–water partition coefficient (Wildman–Crippen LogP) is 2.51. The van der Waals surface area contributed by atoms with Crippen molar-refractivity contribution < 1.29 is 9.47 Å². The number of benzene rings is 1. The van der Waals surface area contributed by atoms with Gasteiger partial charge in [0.2, 0.25) is 0 Å².